The normalized spacial score (nSPS) is 21.0. The minimum absolute atomic E-state index is 0. The molecule has 0 radical (unpaired) electrons. The van der Waals surface area contributed by atoms with Crippen LogP contribution in [-0.2, 0) is 6.54 Å². The Kier molecular flexibility index (Phi) is 7.92. The third-order valence-corrected chi connectivity index (χ3v) is 3.94. The lowest BCUT2D eigenvalue weighted by molar-refractivity contribution is -0.154. The van der Waals surface area contributed by atoms with Crippen LogP contribution in [0.3, 0.4) is 0 Å². The lowest BCUT2D eigenvalue weighted by Crippen LogP contribution is -2.44. The Labute approximate surface area is 152 Å². The van der Waals surface area contributed by atoms with Gasteiger partial charge >= 0.3 is 6.18 Å². The lowest BCUT2D eigenvalue weighted by Gasteiger charge is -2.31. The summed E-state index contributed by atoms with van der Waals surface area (Å²) >= 11 is 0. The highest BCUT2D eigenvalue weighted by atomic mass is 35.5. The van der Waals surface area contributed by atoms with Crippen LogP contribution < -0.4 is 20.9 Å². The molecular weight excluding hydrogens is 357 g/mol. The van der Waals surface area contributed by atoms with Crippen LogP contribution in [0.2, 0.25) is 0 Å². The summed E-state index contributed by atoms with van der Waals surface area (Å²) in [6, 6.07) is 3.55. The molecule has 1 aliphatic rings. The van der Waals surface area contributed by atoms with E-state index in [1.807, 2.05) is 0 Å². The maximum Gasteiger partial charge on any atom is 0.422 e. The summed E-state index contributed by atoms with van der Waals surface area (Å²) in [6.07, 6.45) is -2.82. The van der Waals surface area contributed by atoms with E-state index in [1.165, 1.54) is 12.3 Å². The van der Waals surface area contributed by atoms with Gasteiger partial charge in [0.2, 0.25) is 5.88 Å². The molecule has 9 heteroatoms. The largest absolute Gasteiger partial charge is 0.468 e. The SMILES string of the molecule is CC(C)(C)C1NNCC1CNCc1ccc(OCC(F)(F)F)nc1.Cl. The van der Waals surface area contributed by atoms with Gasteiger partial charge < -0.3 is 10.1 Å². The van der Waals surface area contributed by atoms with Crippen molar-refractivity contribution >= 4 is 12.4 Å². The number of hydrazine groups is 1. The van der Waals surface area contributed by atoms with Crippen LogP contribution >= 0.6 is 12.4 Å². The summed E-state index contributed by atoms with van der Waals surface area (Å²) in [4.78, 5) is 3.90. The Morgan fingerprint density at radius 3 is 2.56 bits per heavy atom. The van der Waals surface area contributed by atoms with E-state index in [0.717, 1.165) is 18.7 Å². The minimum Gasteiger partial charge on any atom is -0.468 e. The molecule has 25 heavy (non-hydrogen) atoms. The molecule has 2 rings (SSSR count). The highest BCUT2D eigenvalue weighted by Gasteiger charge is 2.35. The zero-order valence-corrected chi connectivity index (χ0v) is 15.4. The van der Waals surface area contributed by atoms with Gasteiger partial charge in [-0.3, -0.25) is 10.9 Å². The maximum atomic E-state index is 12.1. The van der Waals surface area contributed by atoms with Crippen molar-refractivity contribution in [1.29, 1.82) is 0 Å². The van der Waals surface area contributed by atoms with Crippen LogP contribution in [0.5, 0.6) is 5.88 Å². The molecule has 1 aromatic rings. The van der Waals surface area contributed by atoms with E-state index in [0.29, 0.717) is 18.5 Å². The summed E-state index contributed by atoms with van der Waals surface area (Å²) in [5.41, 5.74) is 7.58. The van der Waals surface area contributed by atoms with Gasteiger partial charge in [0.05, 0.1) is 0 Å². The number of pyridine rings is 1. The minimum atomic E-state index is -4.35. The quantitative estimate of drug-likeness (QED) is 0.706. The average molecular weight is 383 g/mol. The van der Waals surface area contributed by atoms with E-state index in [1.54, 1.807) is 6.07 Å². The summed E-state index contributed by atoms with van der Waals surface area (Å²) in [6.45, 7) is 7.63. The van der Waals surface area contributed by atoms with E-state index in [2.05, 4.69) is 46.7 Å². The van der Waals surface area contributed by atoms with Crippen molar-refractivity contribution in [2.75, 3.05) is 19.7 Å². The Bertz CT molecular complexity index is 520. The van der Waals surface area contributed by atoms with Crippen molar-refractivity contribution < 1.29 is 17.9 Å². The van der Waals surface area contributed by atoms with Crippen molar-refractivity contribution in [2.24, 2.45) is 11.3 Å². The van der Waals surface area contributed by atoms with E-state index in [-0.39, 0.29) is 23.7 Å². The number of rotatable bonds is 6. The lowest BCUT2D eigenvalue weighted by atomic mass is 9.80. The predicted octanol–water partition coefficient (Wildman–Crippen LogP) is 2.67. The molecular formula is C16H26ClF3N4O. The number of ether oxygens (including phenoxy) is 1. The topological polar surface area (TPSA) is 58.2 Å². The molecule has 3 N–H and O–H groups in total. The van der Waals surface area contributed by atoms with E-state index in [9.17, 15) is 13.2 Å². The van der Waals surface area contributed by atoms with Crippen molar-refractivity contribution in [2.45, 2.75) is 39.5 Å². The molecule has 2 atom stereocenters. The van der Waals surface area contributed by atoms with E-state index in [4.69, 9.17) is 0 Å². The first kappa shape index (κ1) is 22.0. The Morgan fingerprint density at radius 2 is 2.00 bits per heavy atom. The second-order valence-electron chi connectivity index (χ2n) is 7.17. The Balaban J connectivity index is 0.00000312. The molecule has 0 aliphatic carbocycles. The molecule has 2 heterocycles. The summed E-state index contributed by atoms with van der Waals surface area (Å²) < 4.78 is 40.8. The van der Waals surface area contributed by atoms with Crippen LogP contribution in [0.1, 0.15) is 26.3 Å². The van der Waals surface area contributed by atoms with Crippen LogP contribution in [-0.4, -0.2) is 36.9 Å². The van der Waals surface area contributed by atoms with Crippen molar-refractivity contribution in [3.8, 4) is 5.88 Å². The summed E-state index contributed by atoms with van der Waals surface area (Å²) in [7, 11) is 0. The van der Waals surface area contributed by atoms with Gasteiger partial charge in [-0.2, -0.15) is 13.2 Å². The average Bonchev–Trinajstić information content (AvgIpc) is 2.94. The molecule has 1 aliphatic heterocycles. The van der Waals surface area contributed by atoms with Gasteiger partial charge in [-0.05, 0) is 11.0 Å². The number of hydrogen-bond acceptors (Lipinski definition) is 5. The molecule has 1 fully saturated rings. The fourth-order valence-electron chi connectivity index (χ4n) is 2.81. The monoisotopic (exact) mass is 382 g/mol. The van der Waals surface area contributed by atoms with Crippen molar-refractivity contribution in [3.05, 3.63) is 23.9 Å². The highest BCUT2D eigenvalue weighted by Crippen LogP contribution is 2.26. The molecule has 2 unspecified atom stereocenters. The highest BCUT2D eigenvalue weighted by molar-refractivity contribution is 5.85. The van der Waals surface area contributed by atoms with Gasteiger partial charge in [0.25, 0.3) is 0 Å². The Hall–Kier alpha value is -1.09. The Morgan fingerprint density at radius 1 is 1.28 bits per heavy atom. The zero-order chi connectivity index (χ0) is 17.8. The molecule has 0 amide bonds. The fourth-order valence-corrected chi connectivity index (χ4v) is 2.81. The maximum absolute atomic E-state index is 12.1. The molecule has 5 nitrogen and oxygen atoms in total. The fraction of sp³-hybridized carbons (Fsp3) is 0.688. The number of halogens is 4. The molecule has 0 aromatic carbocycles. The zero-order valence-electron chi connectivity index (χ0n) is 14.6. The van der Waals surface area contributed by atoms with E-state index < -0.39 is 12.8 Å². The van der Waals surface area contributed by atoms with Crippen LogP contribution in [0.15, 0.2) is 18.3 Å². The third-order valence-electron chi connectivity index (χ3n) is 3.94. The molecule has 0 spiro atoms. The third kappa shape index (κ3) is 7.35. The molecule has 1 aromatic heterocycles. The number of hydrogen-bond donors (Lipinski definition) is 3. The first-order valence-electron chi connectivity index (χ1n) is 7.99. The van der Waals surface area contributed by atoms with Gasteiger partial charge in [-0.15, -0.1) is 12.4 Å². The van der Waals surface area contributed by atoms with Crippen LogP contribution in [0.4, 0.5) is 13.2 Å². The standard InChI is InChI=1S/C16H25F3N4O.ClH/c1-15(2,3)14-12(9-22-23-14)8-20-6-11-4-5-13(21-7-11)24-10-16(17,18)19;/h4-5,7,12,14,20,22-23H,6,8-10H2,1-3H3;1H. The van der Waals surface area contributed by atoms with E-state index >= 15 is 0 Å². The van der Waals surface area contributed by atoms with Gasteiger partial charge in [-0.25, -0.2) is 4.98 Å². The number of aromatic nitrogens is 1. The van der Waals surface area contributed by atoms with Crippen molar-refractivity contribution in [3.63, 3.8) is 0 Å². The van der Waals surface area contributed by atoms with Crippen LogP contribution in [0.25, 0.3) is 0 Å². The smallest absolute Gasteiger partial charge is 0.422 e. The van der Waals surface area contributed by atoms with Gasteiger partial charge in [0.1, 0.15) is 0 Å². The number of alkyl halides is 3. The number of nitrogens with zero attached hydrogens (tertiary/aromatic N) is 1. The molecule has 1 saturated heterocycles. The second-order valence-corrected chi connectivity index (χ2v) is 7.17. The number of nitrogens with one attached hydrogen (secondary N) is 3. The summed E-state index contributed by atoms with van der Waals surface area (Å²) in [5.74, 6) is 0.445. The molecule has 0 saturated carbocycles. The summed E-state index contributed by atoms with van der Waals surface area (Å²) in [5, 5.41) is 3.38. The molecule has 144 valence electrons. The van der Waals surface area contributed by atoms with Gasteiger partial charge in [0, 0.05) is 43.9 Å². The first-order valence-corrected chi connectivity index (χ1v) is 7.99. The van der Waals surface area contributed by atoms with Crippen molar-refractivity contribution in [1.82, 2.24) is 21.2 Å². The van der Waals surface area contributed by atoms with Crippen LogP contribution in [0, 0.1) is 11.3 Å². The first-order chi connectivity index (χ1) is 11.1. The van der Waals surface area contributed by atoms with Gasteiger partial charge in [0.15, 0.2) is 6.61 Å². The molecule has 0 bridgehead atoms. The van der Waals surface area contributed by atoms with Gasteiger partial charge in [-0.1, -0.05) is 26.8 Å². The second kappa shape index (κ2) is 9.02. The predicted molar refractivity (Wildman–Crippen MR) is 92.6 cm³/mol.